The molecular formula is C17H19O5P. The maximum atomic E-state index is 12.2. The first-order chi connectivity index (χ1) is 11.0. The molecule has 2 aromatic rings. The van der Waals surface area contributed by atoms with Gasteiger partial charge >= 0.3 is 13.6 Å². The van der Waals surface area contributed by atoms with E-state index in [0.29, 0.717) is 18.4 Å². The van der Waals surface area contributed by atoms with Gasteiger partial charge in [-0.2, -0.15) is 0 Å². The van der Waals surface area contributed by atoms with Gasteiger partial charge in [-0.15, -0.1) is 0 Å². The minimum atomic E-state index is -3.99. The Kier molecular flexibility index (Phi) is 6.11. The molecule has 5 nitrogen and oxygen atoms in total. The second-order valence-electron chi connectivity index (χ2n) is 5.18. The van der Waals surface area contributed by atoms with Crippen LogP contribution >= 0.6 is 7.60 Å². The highest BCUT2D eigenvalue weighted by molar-refractivity contribution is 7.52. The van der Waals surface area contributed by atoms with Crippen LogP contribution in [0.5, 0.6) is 0 Å². The molecule has 2 N–H and O–H groups in total. The SMILES string of the molecule is O=C(O)C(OP(=O)(O)CCCc1ccccc1)c1ccccc1. The third-order valence-electron chi connectivity index (χ3n) is 3.35. The Bertz CT molecular complexity index is 672. The normalized spacial score (nSPS) is 14.8. The molecule has 0 aliphatic rings. The van der Waals surface area contributed by atoms with Crippen LogP contribution in [0.4, 0.5) is 0 Å². The summed E-state index contributed by atoms with van der Waals surface area (Å²) in [6, 6.07) is 17.8. The van der Waals surface area contributed by atoms with Gasteiger partial charge in [-0.3, -0.25) is 9.09 Å². The maximum absolute atomic E-state index is 12.2. The summed E-state index contributed by atoms with van der Waals surface area (Å²) in [5.41, 5.74) is 1.41. The van der Waals surface area contributed by atoms with Gasteiger partial charge in [0.15, 0.2) is 6.10 Å². The van der Waals surface area contributed by atoms with E-state index in [1.54, 1.807) is 30.3 Å². The predicted molar refractivity (Wildman–Crippen MR) is 87.4 cm³/mol. The largest absolute Gasteiger partial charge is 0.479 e. The summed E-state index contributed by atoms with van der Waals surface area (Å²) in [5, 5.41) is 9.24. The minimum Gasteiger partial charge on any atom is -0.479 e. The van der Waals surface area contributed by atoms with Crippen molar-refractivity contribution in [3.8, 4) is 0 Å². The van der Waals surface area contributed by atoms with Gasteiger partial charge in [-0.25, -0.2) is 4.79 Å². The highest BCUT2D eigenvalue weighted by Crippen LogP contribution is 2.47. The number of carboxylic acid groups (broad SMARTS) is 1. The molecule has 0 aliphatic carbocycles. The summed E-state index contributed by atoms with van der Waals surface area (Å²) in [4.78, 5) is 21.3. The fourth-order valence-electron chi connectivity index (χ4n) is 2.22. The van der Waals surface area contributed by atoms with Crippen LogP contribution in [0.1, 0.15) is 23.7 Å². The van der Waals surface area contributed by atoms with Crippen molar-refractivity contribution < 1.29 is 23.9 Å². The van der Waals surface area contributed by atoms with Crippen molar-refractivity contribution in [3.63, 3.8) is 0 Å². The molecule has 2 rings (SSSR count). The van der Waals surface area contributed by atoms with Crippen LogP contribution in [0.15, 0.2) is 60.7 Å². The van der Waals surface area contributed by atoms with Gasteiger partial charge < -0.3 is 10.00 Å². The summed E-state index contributed by atoms with van der Waals surface area (Å²) in [6.07, 6.45) is -0.446. The van der Waals surface area contributed by atoms with Crippen molar-refractivity contribution in [3.05, 3.63) is 71.8 Å². The molecule has 2 aromatic carbocycles. The monoisotopic (exact) mass is 334 g/mol. The molecule has 0 heterocycles. The van der Waals surface area contributed by atoms with E-state index in [9.17, 15) is 19.4 Å². The number of benzene rings is 2. The molecule has 0 amide bonds. The summed E-state index contributed by atoms with van der Waals surface area (Å²) in [7, 11) is -3.99. The van der Waals surface area contributed by atoms with Gasteiger partial charge in [0.05, 0.1) is 6.16 Å². The fraction of sp³-hybridized carbons (Fsp3) is 0.235. The average molecular weight is 334 g/mol. The highest BCUT2D eigenvalue weighted by atomic mass is 31.2. The maximum Gasteiger partial charge on any atom is 0.338 e. The van der Waals surface area contributed by atoms with Crippen LogP contribution in [0, 0.1) is 0 Å². The van der Waals surface area contributed by atoms with Crippen LogP contribution in [0.25, 0.3) is 0 Å². The molecule has 2 unspecified atom stereocenters. The molecule has 122 valence electrons. The molecule has 0 radical (unpaired) electrons. The van der Waals surface area contributed by atoms with Crippen LogP contribution in [-0.4, -0.2) is 22.1 Å². The average Bonchev–Trinajstić information content (AvgIpc) is 2.54. The molecule has 0 bridgehead atoms. The smallest absolute Gasteiger partial charge is 0.338 e. The van der Waals surface area contributed by atoms with E-state index < -0.39 is 19.7 Å². The van der Waals surface area contributed by atoms with Crippen LogP contribution in [0.3, 0.4) is 0 Å². The van der Waals surface area contributed by atoms with Crippen LogP contribution < -0.4 is 0 Å². The van der Waals surface area contributed by atoms with Gasteiger partial charge in [0.25, 0.3) is 0 Å². The molecule has 6 heteroatoms. The molecule has 0 aliphatic heterocycles. The minimum absolute atomic E-state index is 0.0848. The molecule has 2 atom stereocenters. The second kappa shape index (κ2) is 8.06. The third-order valence-corrected chi connectivity index (χ3v) is 4.77. The van der Waals surface area contributed by atoms with Crippen molar-refractivity contribution in [1.29, 1.82) is 0 Å². The van der Waals surface area contributed by atoms with Gasteiger partial charge in [0.2, 0.25) is 0 Å². The van der Waals surface area contributed by atoms with Crippen LogP contribution in [0.2, 0.25) is 0 Å². The number of carboxylic acids is 1. The van der Waals surface area contributed by atoms with E-state index in [1.807, 2.05) is 30.3 Å². The lowest BCUT2D eigenvalue weighted by Gasteiger charge is -2.18. The highest BCUT2D eigenvalue weighted by Gasteiger charge is 2.30. The molecule has 0 aromatic heterocycles. The number of carbonyl (C=O) groups is 1. The first-order valence-electron chi connectivity index (χ1n) is 7.30. The Labute approximate surface area is 135 Å². The van der Waals surface area contributed by atoms with Crippen molar-refractivity contribution >= 4 is 13.6 Å². The number of hydrogen-bond acceptors (Lipinski definition) is 3. The lowest BCUT2D eigenvalue weighted by atomic mass is 10.1. The molecule has 0 fully saturated rings. The topological polar surface area (TPSA) is 83.8 Å². The zero-order valence-electron chi connectivity index (χ0n) is 12.5. The summed E-state index contributed by atoms with van der Waals surface area (Å²) in [6.45, 7) is 0. The van der Waals surface area contributed by atoms with Gasteiger partial charge in [0, 0.05) is 0 Å². The Morgan fingerprint density at radius 3 is 2.17 bits per heavy atom. The van der Waals surface area contributed by atoms with Crippen molar-refractivity contribution in [1.82, 2.24) is 0 Å². The van der Waals surface area contributed by atoms with E-state index in [4.69, 9.17) is 4.52 Å². The molecule has 0 saturated heterocycles. The van der Waals surface area contributed by atoms with Crippen LogP contribution in [-0.2, 0) is 20.3 Å². The van der Waals surface area contributed by atoms with E-state index in [2.05, 4.69) is 0 Å². The Balaban J connectivity index is 1.95. The van der Waals surface area contributed by atoms with E-state index in [1.165, 1.54) is 0 Å². The van der Waals surface area contributed by atoms with E-state index in [0.717, 1.165) is 5.56 Å². The zero-order chi connectivity index (χ0) is 16.7. The summed E-state index contributed by atoms with van der Waals surface area (Å²) in [5.74, 6) is -1.28. The molecular weight excluding hydrogens is 315 g/mol. The number of rotatable bonds is 8. The van der Waals surface area contributed by atoms with Crippen molar-refractivity contribution in [2.75, 3.05) is 6.16 Å². The first kappa shape index (κ1) is 17.4. The predicted octanol–water partition coefficient (Wildman–Crippen LogP) is 3.65. The molecule has 0 spiro atoms. The third kappa shape index (κ3) is 5.64. The van der Waals surface area contributed by atoms with Crippen molar-refractivity contribution in [2.45, 2.75) is 18.9 Å². The number of aliphatic carboxylic acids is 1. The molecule has 23 heavy (non-hydrogen) atoms. The fourth-order valence-corrected chi connectivity index (χ4v) is 3.43. The second-order valence-corrected chi connectivity index (χ2v) is 7.12. The Hall–Kier alpha value is -1.94. The van der Waals surface area contributed by atoms with E-state index >= 15 is 0 Å². The summed E-state index contributed by atoms with van der Waals surface area (Å²) < 4.78 is 17.2. The van der Waals surface area contributed by atoms with Gasteiger partial charge in [-0.1, -0.05) is 60.7 Å². The van der Waals surface area contributed by atoms with Gasteiger partial charge in [-0.05, 0) is 24.0 Å². The molecule has 0 saturated carbocycles. The van der Waals surface area contributed by atoms with Gasteiger partial charge in [0.1, 0.15) is 0 Å². The summed E-state index contributed by atoms with van der Waals surface area (Å²) >= 11 is 0. The quantitative estimate of drug-likeness (QED) is 0.720. The lowest BCUT2D eigenvalue weighted by Crippen LogP contribution is -2.15. The first-order valence-corrected chi connectivity index (χ1v) is 9.06. The standard InChI is InChI=1S/C17H19O5P/c18-17(19)16(15-11-5-2-6-12-15)22-23(20,21)13-7-10-14-8-3-1-4-9-14/h1-6,8-9,11-12,16H,7,10,13H2,(H,18,19)(H,20,21). The zero-order valence-corrected chi connectivity index (χ0v) is 13.4. The lowest BCUT2D eigenvalue weighted by molar-refractivity contribution is -0.145. The Morgan fingerprint density at radius 2 is 1.61 bits per heavy atom. The number of aryl methyl sites for hydroxylation is 1. The Morgan fingerprint density at radius 1 is 1.04 bits per heavy atom. The van der Waals surface area contributed by atoms with Crippen molar-refractivity contribution in [2.24, 2.45) is 0 Å². The number of hydrogen-bond donors (Lipinski definition) is 2. The van der Waals surface area contributed by atoms with E-state index in [-0.39, 0.29) is 6.16 Å².